The minimum absolute atomic E-state index is 0.622. The minimum Gasteiger partial charge on any atom is -0.457 e. The third kappa shape index (κ3) is 4.35. The van der Waals surface area contributed by atoms with Gasteiger partial charge in [-0.15, -0.1) is 0 Å². The zero-order valence-corrected chi connectivity index (χ0v) is 30.2. The summed E-state index contributed by atoms with van der Waals surface area (Å²) < 4.78 is 6.98. The summed E-state index contributed by atoms with van der Waals surface area (Å²) in [7, 11) is 0. The molecule has 1 aliphatic heterocycles. The number of benzene rings is 9. The van der Waals surface area contributed by atoms with E-state index >= 15 is 0 Å². The number of hydrogen-bond acceptors (Lipinski definition) is 1. The van der Waals surface area contributed by atoms with Crippen molar-refractivity contribution in [1.29, 1.82) is 0 Å². The topological polar surface area (TPSA) is 9.23 Å². The second kappa shape index (κ2) is 12.3. The molecule has 2 aliphatic rings. The largest absolute Gasteiger partial charge is 0.457 e. The van der Waals surface area contributed by atoms with E-state index in [9.17, 15) is 0 Å². The first kappa shape index (κ1) is 31.6. The molecule has 0 bridgehead atoms. The van der Waals surface area contributed by atoms with Gasteiger partial charge in [-0.2, -0.15) is 0 Å². The lowest BCUT2D eigenvalue weighted by molar-refractivity contribution is 0.435. The van der Waals surface area contributed by atoms with Crippen molar-refractivity contribution >= 4 is 10.8 Å². The molecule has 9 aromatic carbocycles. The van der Waals surface area contributed by atoms with E-state index in [-0.39, 0.29) is 0 Å². The first-order valence-electron chi connectivity index (χ1n) is 19.1. The molecule has 11 rings (SSSR count). The molecule has 258 valence electrons. The lowest BCUT2D eigenvalue weighted by atomic mass is 9.60. The number of ether oxygens (including phenoxy) is 1. The summed E-state index contributed by atoms with van der Waals surface area (Å²) in [5.74, 6) is 1.74. The van der Waals surface area contributed by atoms with E-state index in [1.165, 1.54) is 60.8 Å². The summed E-state index contributed by atoms with van der Waals surface area (Å²) >= 11 is 0. The third-order valence-electron chi connectivity index (χ3n) is 12.1. The molecule has 0 spiro atoms. The van der Waals surface area contributed by atoms with Crippen LogP contribution in [-0.2, 0) is 10.8 Å². The summed E-state index contributed by atoms with van der Waals surface area (Å²) in [4.78, 5) is 0. The van der Waals surface area contributed by atoms with Crippen LogP contribution >= 0.6 is 0 Å². The van der Waals surface area contributed by atoms with Crippen LogP contribution in [0.5, 0.6) is 11.5 Å². The van der Waals surface area contributed by atoms with E-state index in [4.69, 9.17) is 4.74 Å². The Hall–Kier alpha value is -6.96. The number of para-hydroxylation sites is 1. The highest BCUT2D eigenvalue weighted by atomic mass is 16.5. The molecule has 1 unspecified atom stereocenters. The van der Waals surface area contributed by atoms with Gasteiger partial charge < -0.3 is 4.74 Å². The fourth-order valence-corrected chi connectivity index (χ4v) is 10.0. The SMILES string of the molecule is c1ccc(C2(c3ccccc3)c3ccccc3Oc3cccc(-c4ccccc4C4(c5ccccc5)c5ccccc5-c5ccc6ccccc6c54)c32)cc1. The predicted molar refractivity (Wildman–Crippen MR) is 225 cm³/mol. The first-order valence-corrected chi connectivity index (χ1v) is 19.1. The van der Waals surface area contributed by atoms with Crippen LogP contribution in [0.25, 0.3) is 33.0 Å². The van der Waals surface area contributed by atoms with Crippen molar-refractivity contribution < 1.29 is 4.74 Å². The van der Waals surface area contributed by atoms with Gasteiger partial charge in [0.25, 0.3) is 0 Å². The van der Waals surface area contributed by atoms with Crippen LogP contribution in [0.3, 0.4) is 0 Å². The summed E-state index contributed by atoms with van der Waals surface area (Å²) in [6.07, 6.45) is 0. The quantitative estimate of drug-likeness (QED) is 0.174. The highest BCUT2D eigenvalue weighted by molar-refractivity contribution is 6.01. The molecule has 0 saturated heterocycles. The van der Waals surface area contributed by atoms with Crippen LogP contribution < -0.4 is 4.74 Å². The molecular weight excluding hydrogens is 665 g/mol. The smallest absolute Gasteiger partial charge is 0.132 e. The fraction of sp³-hybridized carbons (Fsp3) is 0.0370. The van der Waals surface area contributed by atoms with Gasteiger partial charge in [0, 0.05) is 11.1 Å². The second-order valence-corrected chi connectivity index (χ2v) is 14.7. The molecule has 1 nitrogen and oxygen atoms in total. The maximum Gasteiger partial charge on any atom is 0.132 e. The molecule has 1 atom stereocenters. The highest BCUT2D eigenvalue weighted by Gasteiger charge is 2.50. The Morgan fingerprint density at radius 2 is 0.727 bits per heavy atom. The van der Waals surface area contributed by atoms with Crippen LogP contribution in [0.1, 0.15) is 44.5 Å². The lowest BCUT2D eigenvalue weighted by Gasteiger charge is -2.43. The van der Waals surface area contributed by atoms with E-state index in [2.05, 4.69) is 218 Å². The van der Waals surface area contributed by atoms with Gasteiger partial charge in [0.15, 0.2) is 0 Å². The summed E-state index contributed by atoms with van der Waals surface area (Å²) in [6.45, 7) is 0. The Morgan fingerprint density at radius 3 is 1.36 bits per heavy atom. The highest BCUT2D eigenvalue weighted by Crippen LogP contribution is 2.62. The van der Waals surface area contributed by atoms with Crippen LogP contribution in [0, 0.1) is 0 Å². The van der Waals surface area contributed by atoms with Crippen LogP contribution in [0.2, 0.25) is 0 Å². The Kier molecular flexibility index (Phi) is 7.06. The molecule has 55 heavy (non-hydrogen) atoms. The molecule has 0 aromatic heterocycles. The van der Waals surface area contributed by atoms with Gasteiger partial charge in [0.2, 0.25) is 0 Å². The van der Waals surface area contributed by atoms with Crippen molar-refractivity contribution in [3.8, 4) is 33.8 Å². The average molecular weight is 701 g/mol. The van der Waals surface area contributed by atoms with Gasteiger partial charge in [0.1, 0.15) is 11.5 Å². The van der Waals surface area contributed by atoms with Crippen LogP contribution in [0.15, 0.2) is 218 Å². The van der Waals surface area contributed by atoms with Crippen molar-refractivity contribution in [2.45, 2.75) is 10.8 Å². The zero-order chi connectivity index (χ0) is 36.4. The van der Waals surface area contributed by atoms with E-state index in [0.717, 1.165) is 28.2 Å². The van der Waals surface area contributed by atoms with Gasteiger partial charge in [-0.05, 0) is 78.5 Å². The van der Waals surface area contributed by atoms with Gasteiger partial charge >= 0.3 is 0 Å². The molecule has 9 aromatic rings. The molecule has 0 fully saturated rings. The van der Waals surface area contributed by atoms with E-state index < -0.39 is 10.8 Å². The summed E-state index contributed by atoms with van der Waals surface area (Å²) in [5.41, 5.74) is 13.4. The molecule has 0 saturated carbocycles. The van der Waals surface area contributed by atoms with E-state index in [1.54, 1.807) is 0 Å². The van der Waals surface area contributed by atoms with E-state index in [1.807, 2.05) is 0 Å². The monoisotopic (exact) mass is 700 g/mol. The Morgan fingerprint density at radius 1 is 0.273 bits per heavy atom. The average Bonchev–Trinajstić information content (AvgIpc) is 3.58. The normalized spacial score (nSPS) is 16.0. The third-order valence-corrected chi connectivity index (χ3v) is 12.1. The van der Waals surface area contributed by atoms with Crippen molar-refractivity contribution in [1.82, 2.24) is 0 Å². The minimum atomic E-state index is -0.672. The van der Waals surface area contributed by atoms with Crippen LogP contribution in [-0.4, -0.2) is 0 Å². The Labute approximate surface area is 321 Å². The first-order chi connectivity index (χ1) is 27.3. The van der Waals surface area contributed by atoms with Crippen molar-refractivity contribution in [3.63, 3.8) is 0 Å². The zero-order valence-electron chi connectivity index (χ0n) is 30.2. The van der Waals surface area contributed by atoms with Crippen molar-refractivity contribution in [2.24, 2.45) is 0 Å². The molecular formula is C54H36O. The molecule has 1 heterocycles. The van der Waals surface area contributed by atoms with Gasteiger partial charge in [-0.3, -0.25) is 0 Å². The van der Waals surface area contributed by atoms with E-state index in [0.29, 0.717) is 0 Å². The molecule has 0 radical (unpaired) electrons. The van der Waals surface area contributed by atoms with Gasteiger partial charge in [-0.25, -0.2) is 0 Å². The summed E-state index contributed by atoms with van der Waals surface area (Å²) in [5, 5.41) is 2.51. The number of rotatable bonds is 5. The second-order valence-electron chi connectivity index (χ2n) is 14.7. The maximum atomic E-state index is 6.98. The molecule has 1 heteroatoms. The Balaban J connectivity index is 1.31. The van der Waals surface area contributed by atoms with Gasteiger partial charge in [0.05, 0.1) is 10.8 Å². The number of hydrogen-bond donors (Lipinski definition) is 0. The van der Waals surface area contributed by atoms with Crippen LogP contribution in [0.4, 0.5) is 0 Å². The maximum absolute atomic E-state index is 6.98. The van der Waals surface area contributed by atoms with Gasteiger partial charge in [-0.1, -0.05) is 206 Å². The lowest BCUT2D eigenvalue weighted by Crippen LogP contribution is -2.35. The fourth-order valence-electron chi connectivity index (χ4n) is 10.0. The number of fused-ring (bicyclic) bond motifs is 7. The Bertz CT molecular complexity index is 2850. The van der Waals surface area contributed by atoms with Crippen molar-refractivity contribution in [2.75, 3.05) is 0 Å². The van der Waals surface area contributed by atoms with Crippen molar-refractivity contribution in [3.05, 3.63) is 263 Å². The predicted octanol–water partition coefficient (Wildman–Crippen LogP) is 13.4. The molecule has 0 N–H and O–H groups in total. The standard InChI is InChI=1S/C54H36O/c1-4-20-38(21-5-1)53(39-22-6-2-7-23-39)48-32-16-17-33-49(48)55-50-34-18-29-44(52(50)53)42-27-12-14-30-46(42)54(40-24-8-3-9-25-40)47-31-15-13-28-43(47)45-36-35-37-19-10-11-26-41(37)51(45)54/h1-36H. The molecule has 0 amide bonds. The summed E-state index contributed by atoms with van der Waals surface area (Å²) in [6, 6.07) is 80.1. The molecule has 1 aliphatic carbocycles.